The zero-order chi connectivity index (χ0) is 17.8. The quantitative estimate of drug-likeness (QED) is 0.367. The van der Waals surface area contributed by atoms with Crippen LogP contribution in [0.3, 0.4) is 0 Å². The highest BCUT2D eigenvalue weighted by Crippen LogP contribution is 2.04. The summed E-state index contributed by atoms with van der Waals surface area (Å²) in [7, 11) is 1.72. The first kappa shape index (κ1) is 19.9. The Bertz CT molecular complexity index is 532. The fourth-order valence-electron chi connectivity index (χ4n) is 2.22. The van der Waals surface area contributed by atoms with Gasteiger partial charge in [-0.25, -0.2) is 4.39 Å². The van der Waals surface area contributed by atoms with E-state index in [0.29, 0.717) is 24.6 Å². The number of carbonyl (C=O) groups excluding carboxylic acids is 1. The molecule has 134 valence electrons. The molecule has 0 unspecified atom stereocenters. The lowest BCUT2D eigenvalue weighted by Crippen LogP contribution is -2.42. The molecule has 0 atom stereocenters. The van der Waals surface area contributed by atoms with Crippen LogP contribution in [-0.4, -0.2) is 38.5 Å². The molecule has 0 aliphatic heterocycles. The number of benzene rings is 1. The van der Waals surface area contributed by atoms with Gasteiger partial charge in [0.25, 0.3) is 0 Å². The van der Waals surface area contributed by atoms with Crippen molar-refractivity contribution < 1.29 is 9.18 Å². The summed E-state index contributed by atoms with van der Waals surface area (Å²) in [4.78, 5) is 15.9. The minimum Gasteiger partial charge on any atom is -0.356 e. The first-order valence-electron chi connectivity index (χ1n) is 8.47. The second-order valence-corrected chi connectivity index (χ2v) is 6.12. The van der Waals surface area contributed by atoms with Gasteiger partial charge in [-0.3, -0.25) is 9.79 Å². The summed E-state index contributed by atoms with van der Waals surface area (Å²) in [6.45, 7) is 6.36. The summed E-state index contributed by atoms with van der Waals surface area (Å²) in [5, 5.41) is 9.20. The van der Waals surface area contributed by atoms with Crippen LogP contribution < -0.4 is 16.0 Å². The van der Waals surface area contributed by atoms with Gasteiger partial charge in [-0.2, -0.15) is 0 Å². The molecule has 0 aliphatic carbocycles. The Morgan fingerprint density at radius 2 is 1.88 bits per heavy atom. The van der Waals surface area contributed by atoms with E-state index in [1.165, 1.54) is 18.6 Å². The predicted octanol–water partition coefficient (Wildman–Crippen LogP) is 2.09. The minimum atomic E-state index is -0.325. The SMILES string of the molecule is CN=C(NCCCC(C)C)NCCNC(=O)Cc1cccc(F)c1. The van der Waals surface area contributed by atoms with E-state index in [4.69, 9.17) is 0 Å². The van der Waals surface area contributed by atoms with Gasteiger partial charge >= 0.3 is 0 Å². The number of aliphatic imine (C=N–C) groups is 1. The van der Waals surface area contributed by atoms with Gasteiger partial charge in [-0.05, 0) is 36.5 Å². The Balaban J connectivity index is 2.16. The van der Waals surface area contributed by atoms with Crippen molar-refractivity contribution in [3.63, 3.8) is 0 Å². The average Bonchev–Trinajstić information content (AvgIpc) is 2.53. The lowest BCUT2D eigenvalue weighted by atomic mass is 10.1. The van der Waals surface area contributed by atoms with Crippen LogP contribution in [0.1, 0.15) is 32.3 Å². The van der Waals surface area contributed by atoms with Gasteiger partial charge < -0.3 is 16.0 Å². The third-order valence-corrected chi connectivity index (χ3v) is 3.47. The normalized spacial score (nSPS) is 11.5. The molecule has 6 heteroatoms. The molecule has 24 heavy (non-hydrogen) atoms. The van der Waals surface area contributed by atoms with E-state index in [2.05, 4.69) is 34.8 Å². The van der Waals surface area contributed by atoms with Crippen LogP contribution in [-0.2, 0) is 11.2 Å². The molecule has 1 rings (SSSR count). The lowest BCUT2D eigenvalue weighted by molar-refractivity contribution is -0.120. The highest BCUT2D eigenvalue weighted by atomic mass is 19.1. The fourth-order valence-corrected chi connectivity index (χ4v) is 2.22. The van der Waals surface area contributed by atoms with Crippen LogP contribution in [0.4, 0.5) is 4.39 Å². The van der Waals surface area contributed by atoms with Gasteiger partial charge in [0.1, 0.15) is 5.82 Å². The maximum Gasteiger partial charge on any atom is 0.224 e. The molecule has 0 fully saturated rings. The molecular weight excluding hydrogens is 307 g/mol. The number of hydrogen-bond donors (Lipinski definition) is 3. The van der Waals surface area contributed by atoms with Gasteiger partial charge in [0.05, 0.1) is 6.42 Å². The van der Waals surface area contributed by atoms with Crippen LogP contribution in [0.2, 0.25) is 0 Å². The Hall–Kier alpha value is -2.11. The van der Waals surface area contributed by atoms with E-state index < -0.39 is 0 Å². The smallest absolute Gasteiger partial charge is 0.224 e. The van der Waals surface area contributed by atoms with Crippen LogP contribution >= 0.6 is 0 Å². The van der Waals surface area contributed by atoms with Crippen molar-refractivity contribution in [1.82, 2.24) is 16.0 Å². The van der Waals surface area contributed by atoms with E-state index >= 15 is 0 Å². The lowest BCUT2D eigenvalue weighted by Gasteiger charge is -2.13. The van der Waals surface area contributed by atoms with E-state index in [0.717, 1.165) is 18.9 Å². The number of amides is 1. The first-order chi connectivity index (χ1) is 11.5. The molecule has 0 saturated carbocycles. The van der Waals surface area contributed by atoms with Gasteiger partial charge in [0.15, 0.2) is 5.96 Å². The molecule has 0 saturated heterocycles. The summed E-state index contributed by atoms with van der Waals surface area (Å²) < 4.78 is 13.1. The van der Waals surface area contributed by atoms with E-state index in [9.17, 15) is 9.18 Å². The van der Waals surface area contributed by atoms with Gasteiger partial charge in [0, 0.05) is 26.7 Å². The van der Waals surface area contributed by atoms with Crippen molar-refractivity contribution in [2.45, 2.75) is 33.1 Å². The molecule has 0 aliphatic rings. The van der Waals surface area contributed by atoms with E-state index in [1.54, 1.807) is 19.2 Å². The number of nitrogens with one attached hydrogen (secondary N) is 3. The molecule has 0 heterocycles. The number of carbonyl (C=O) groups is 1. The number of halogens is 1. The predicted molar refractivity (Wildman–Crippen MR) is 96.6 cm³/mol. The molecule has 0 aromatic heterocycles. The highest BCUT2D eigenvalue weighted by Gasteiger charge is 2.04. The second kappa shape index (κ2) is 11.4. The van der Waals surface area contributed by atoms with Crippen LogP contribution in [0.15, 0.2) is 29.3 Å². The third-order valence-electron chi connectivity index (χ3n) is 3.47. The summed E-state index contributed by atoms with van der Waals surface area (Å²) in [5.74, 6) is 0.991. The van der Waals surface area contributed by atoms with Crippen molar-refractivity contribution >= 4 is 11.9 Å². The van der Waals surface area contributed by atoms with Crippen LogP contribution in [0, 0.1) is 11.7 Å². The van der Waals surface area contributed by atoms with Crippen molar-refractivity contribution in [2.24, 2.45) is 10.9 Å². The van der Waals surface area contributed by atoms with Gasteiger partial charge in [-0.15, -0.1) is 0 Å². The molecule has 5 nitrogen and oxygen atoms in total. The molecule has 1 aromatic rings. The molecule has 0 bridgehead atoms. The molecular formula is C18H29FN4O. The zero-order valence-corrected chi connectivity index (χ0v) is 14.9. The number of nitrogens with zero attached hydrogens (tertiary/aromatic N) is 1. The molecule has 0 spiro atoms. The van der Waals surface area contributed by atoms with Gasteiger partial charge in [0.2, 0.25) is 5.91 Å². The number of hydrogen-bond acceptors (Lipinski definition) is 2. The van der Waals surface area contributed by atoms with Crippen molar-refractivity contribution in [3.05, 3.63) is 35.6 Å². The van der Waals surface area contributed by atoms with Gasteiger partial charge in [-0.1, -0.05) is 26.0 Å². The van der Waals surface area contributed by atoms with Crippen molar-refractivity contribution in [1.29, 1.82) is 0 Å². The fraction of sp³-hybridized carbons (Fsp3) is 0.556. The number of guanidine groups is 1. The Labute approximate surface area is 144 Å². The van der Waals surface area contributed by atoms with Crippen molar-refractivity contribution in [3.8, 4) is 0 Å². The molecule has 1 aromatic carbocycles. The van der Waals surface area contributed by atoms with E-state index in [1.807, 2.05) is 0 Å². The number of rotatable bonds is 9. The summed E-state index contributed by atoms with van der Waals surface area (Å²) in [5.41, 5.74) is 0.670. The van der Waals surface area contributed by atoms with Crippen LogP contribution in [0.5, 0.6) is 0 Å². The second-order valence-electron chi connectivity index (χ2n) is 6.12. The molecule has 1 amide bonds. The van der Waals surface area contributed by atoms with E-state index in [-0.39, 0.29) is 18.1 Å². The Kier molecular flexibility index (Phi) is 9.49. The largest absolute Gasteiger partial charge is 0.356 e. The standard InChI is InChI=1S/C18H29FN4O/c1-14(2)6-5-9-22-18(20-3)23-11-10-21-17(24)13-15-7-4-8-16(19)12-15/h4,7-8,12,14H,5-6,9-11,13H2,1-3H3,(H,21,24)(H2,20,22,23). The maximum atomic E-state index is 13.1. The summed E-state index contributed by atoms with van der Waals surface area (Å²) in [6, 6.07) is 6.09. The first-order valence-corrected chi connectivity index (χ1v) is 8.47. The highest BCUT2D eigenvalue weighted by molar-refractivity contribution is 5.80. The Morgan fingerprint density at radius 1 is 1.17 bits per heavy atom. The van der Waals surface area contributed by atoms with Crippen LogP contribution in [0.25, 0.3) is 0 Å². The maximum absolute atomic E-state index is 13.1. The summed E-state index contributed by atoms with van der Waals surface area (Å²) in [6.07, 6.45) is 2.46. The monoisotopic (exact) mass is 336 g/mol. The molecule has 3 N–H and O–H groups in total. The third kappa shape index (κ3) is 9.12. The van der Waals surface area contributed by atoms with Crippen molar-refractivity contribution in [2.75, 3.05) is 26.7 Å². The Morgan fingerprint density at radius 3 is 2.54 bits per heavy atom. The minimum absolute atomic E-state index is 0.123. The topological polar surface area (TPSA) is 65.5 Å². The summed E-state index contributed by atoms with van der Waals surface area (Å²) >= 11 is 0. The average molecular weight is 336 g/mol. The molecule has 0 radical (unpaired) electrons. The zero-order valence-electron chi connectivity index (χ0n) is 14.9.